The SMILES string of the molecule is COC(=O)NCC1CN(c2ccc3c(c2)CC(=O)N3C(C)C)C(=O)O1. The lowest BCUT2D eigenvalue weighted by atomic mass is 10.1. The summed E-state index contributed by atoms with van der Waals surface area (Å²) in [7, 11) is 1.27. The number of fused-ring (bicyclic) bond motifs is 1. The molecule has 25 heavy (non-hydrogen) atoms. The molecule has 1 atom stereocenters. The molecular weight excluding hydrogens is 326 g/mol. The predicted molar refractivity (Wildman–Crippen MR) is 90.8 cm³/mol. The van der Waals surface area contributed by atoms with E-state index < -0.39 is 18.3 Å². The number of anilines is 2. The maximum Gasteiger partial charge on any atom is 0.414 e. The zero-order valence-electron chi connectivity index (χ0n) is 14.4. The van der Waals surface area contributed by atoms with Gasteiger partial charge in [0, 0.05) is 17.4 Å². The maximum atomic E-state index is 12.2. The number of amides is 3. The van der Waals surface area contributed by atoms with Gasteiger partial charge in [-0.25, -0.2) is 9.59 Å². The summed E-state index contributed by atoms with van der Waals surface area (Å²) in [6.45, 7) is 4.44. The molecule has 1 aromatic carbocycles. The van der Waals surface area contributed by atoms with Crippen molar-refractivity contribution in [3.63, 3.8) is 0 Å². The number of carbonyl (C=O) groups excluding carboxylic acids is 3. The lowest BCUT2D eigenvalue weighted by molar-refractivity contribution is -0.117. The fourth-order valence-corrected chi connectivity index (χ4v) is 3.17. The van der Waals surface area contributed by atoms with E-state index in [9.17, 15) is 14.4 Å². The van der Waals surface area contributed by atoms with E-state index in [0.717, 1.165) is 11.3 Å². The van der Waals surface area contributed by atoms with Gasteiger partial charge in [-0.3, -0.25) is 9.69 Å². The van der Waals surface area contributed by atoms with Gasteiger partial charge < -0.3 is 19.7 Å². The standard InChI is InChI=1S/C17H21N3O5/c1-10(2)20-14-5-4-12(6-11(14)7-15(20)21)19-9-13(25-17(19)23)8-18-16(22)24-3/h4-6,10,13H,7-9H2,1-3H3,(H,18,22). The van der Waals surface area contributed by atoms with Crippen molar-refractivity contribution in [1.82, 2.24) is 5.32 Å². The van der Waals surface area contributed by atoms with Crippen LogP contribution in [0.1, 0.15) is 19.4 Å². The van der Waals surface area contributed by atoms with E-state index in [1.165, 1.54) is 12.0 Å². The molecule has 2 aliphatic heterocycles. The zero-order chi connectivity index (χ0) is 18.1. The fourth-order valence-electron chi connectivity index (χ4n) is 3.17. The lowest BCUT2D eigenvalue weighted by Crippen LogP contribution is -2.34. The summed E-state index contributed by atoms with van der Waals surface area (Å²) in [4.78, 5) is 38.7. The molecule has 8 heteroatoms. The minimum Gasteiger partial charge on any atom is -0.453 e. The van der Waals surface area contributed by atoms with Crippen LogP contribution in [-0.4, -0.2) is 50.4 Å². The third kappa shape index (κ3) is 3.24. The van der Waals surface area contributed by atoms with Crippen molar-refractivity contribution in [2.24, 2.45) is 0 Å². The van der Waals surface area contributed by atoms with E-state index >= 15 is 0 Å². The average Bonchev–Trinajstić information content (AvgIpc) is 3.10. The second-order valence-corrected chi connectivity index (χ2v) is 6.34. The summed E-state index contributed by atoms with van der Waals surface area (Å²) in [6.07, 6.45) is -1.16. The summed E-state index contributed by atoms with van der Waals surface area (Å²) >= 11 is 0. The Morgan fingerprint density at radius 1 is 1.40 bits per heavy atom. The van der Waals surface area contributed by atoms with Crippen molar-refractivity contribution < 1.29 is 23.9 Å². The van der Waals surface area contributed by atoms with Gasteiger partial charge in [-0.15, -0.1) is 0 Å². The molecule has 3 rings (SSSR count). The Morgan fingerprint density at radius 3 is 2.84 bits per heavy atom. The van der Waals surface area contributed by atoms with Gasteiger partial charge in [0.05, 0.1) is 26.6 Å². The van der Waals surface area contributed by atoms with E-state index in [4.69, 9.17) is 4.74 Å². The third-order valence-electron chi connectivity index (χ3n) is 4.29. The van der Waals surface area contributed by atoms with Gasteiger partial charge in [0.1, 0.15) is 6.10 Å². The summed E-state index contributed by atoms with van der Waals surface area (Å²) < 4.78 is 9.76. The van der Waals surface area contributed by atoms with Crippen LogP contribution >= 0.6 is 0 Å². The molecule has 0 spiro atoms. The Balaban J connectivity index is 1.73. The monoisotopic (exact) mass is 347 g/mol. The molecule has 1 fully saturated rings. The highest BCUT2D eigenvalue weighted by Crippen LogP contribution is 2.34. The van der Waals surface area contributed by atoms with Crippen LogP contribution in [-0.2, 0) is 20.7 Å². The summed E-state index contributed by atoms with van der Waals surface area (Å²) in [5, 5.41) is 2.52. The first-order valence-electron chi connectivity index (χ1n) is 8.15. The third-order valence-corrected chi connectivity index (χ3v) is 4.29. The van der Waals surface area contributed by atoms with Gasteiger partial charge in [-0.1, -0.05) is 0 Å². The highest BCUT2D eigenvalue weighted by molar-refractivity contribution is 6.02. The molecule has 0 radical (unpaired) electrons. The summed E-state index contributed by atoms with van der Waals surface area (Å²) in [5.74, 6) is 0.0614. The van der Waals surface area contributed by atoms with Crippen molar-refractivity contribution >= 4 is 29.5 Å². The first kappa shape index (κ1) is 17.1. The number of benzene rings is 1. The fraction of sp³-hybridized carbons (Fsp3) is 0.471. The molecule has 1 N–H and O–H groups in total. The Morgan fingerprint density at radius 2 is 2.16 bits per heavy atom. The largest absolute Gasteiger partial charge is 0.453 e. The Kier molecular flexibility index (Phi) is 4.52. The van der Waals surface area contributed by atoms with E-state index in [1.54, 1.807) is 4.90 Å². The van der Waals surface area contributed by atoms with Gasteiger partial charge in [-0.05, 0) is 37.6 Å². The van der Waals surface area contributed by atoms with Crippen molar-refractivity contribution in [3.8, 4) is 0 Å². The van der Waals surface area contributed by atoms with Crippen molar-refractivity contribution in [2.75, 3.05) is 30.0 Å². The van der Waals surface area contributed by atoms with E-state index in [0.29, 0.717) is 18.7 Å². The molecule has 0 aromatic heterocycles. The number of nitrogens with zero attached hydrogens (tertiary/aromatic N) is 2. The number of alkyl carbamates (subject to hydrolysis) is 1. The number of nitrogens with one attached hydrogen (secondary N) is 1. The van der Waals surface area contributed by atoms with E-state index in [1.807, 2.05) is 32.0 Å². The van der Waals surface area contributed by atoms with Crippen molar-refractivity contribution in [2.45, 2.75) is 32.4 Å². The summed E-state index contributed by atoms with van der Waals surface area (Å²) in [5.41, 5.74) is 2.48. The van der Waals surface area contributed by atoms with Crippen LogP contribution < -0.4 is 15.1 Å². The highest BCUT2D eigenvalue weighted by atomic mass is 16.6. The number of hydrogen-bond donors (Lipinski definition) is 1. The number of methoxy groups -OCH3 is 1. The number of hydrogen-bond acceptors (Lipinski definition) is 5. The van der Waals surface area contributed by atoms with Gasteiger partial charge in [-0.2, -0.15) is 0 Å². The molecule has 134 valence electrons. The average molecular weight is 347 g/mol. The zero-order valence-corrected chi connectivity index (χ0v) is 14.4. The minimum absolute atomic E-state index is 0.0614. The molecule has 1 aromatic rings. The lowest BCUT2D eigenvalue weighted by Gasteiger charge is -2.22. The molecule has 0 saturated carbocycles. The first-order chi connectivity index (χ1) is 11.9. The first-order valence-corrected chi connectivity index (χ1v) is 8.15. The molecule has 3 amide bonds. The number of carbonyl (C=O) groups is 3. The Labute approximate surface area is 145 Å². The van der Waals surface area contributed by atoms with Gasteiger partial charge in [0.2, 0.25) is 5.91 Å². The molecule has 0 aliphatic carbocycles. The quantitative estimate of drug-likeness (QED) is 0.895. The molecule has 0 bridgehead atoms. The number of rotatable bonds is 4. The molecular formula is C17H21N3O5. The van der Waals surface area contributed by atoms with Crippen LogP contribution in [0.2, 0.25) is 0 Å². The van der Waals surface area contributed by atoms with Crippen LogP contribution in [0.5, 0.6) is 0 Å². The van der Waals surface area contributed by atoms with Crippen LogP contribution in [0.25, 0.3) is 0 Å². The normalized spacial score (nSPS) is 19.3. The van der Waals surface area contributed by atoms with Crippen LogP contribution in [0, 0.1) is 0 Å². The van der Waals surface area contributed by atoms with E-state index in [2.05, 4.69) is 10.1 Å². The second-order valence-electron chi connectivity index (χ2n) is 6.34. The predicted octanol–water partition coefficient (Wildman–Crippen LogP) is 1.67. The van der Waals surface area contributed by atoms with Crippen LogP contribution in [0.3, 0.4) is 0 Å². The van der Waals surface area contributed by atoms with Crippen LogP contribution in [0.15, 0.2) is 18.2 Å². The van der Waals surface area contributed by atoms with Crippen LogP contribution in [0.4, 0.5) is 21.0 Å². The minimum atomic E-state index is -0.570. The molecule has 2 aliphatic rings. The van der Waals surface area contributed by atoms with Gasteiger partial charge >= 0.3 is 12.2 Å². The summed E-state index contributed by atoms with van der Waals surface area (Å²) in [6, 6.07) is 5.62. The smallest absolute Gasteiger partial charge is 0.414 e. The number of ether oxygens (including phenoxy) is 2. The topological polar surface area (TPSA) is 88.2 Å². The molecule has 1 unspecified atom stereocenters. The molecule has 1 saturated heterocycles. The van der Waals surface area contributed by atoms with Crippen molar-refractivity contribution in [3.05, 3.63) is 23.8 Å². The Bertz CT molecular complexity index is 718. The number of cyclic esters (lactones) is 1. The Hall–Kier alpha value is -2.77. The molecule has 2 heterocycles. The van der Waals surface area contributed by atoms with Crippen molar-refractivity contribution in [1.29, 1.82) is 0 Å². The molecule has 8 nitrogen and oxygen atoms in total. The second kappa shape index (κ2) is 6.62. The highest BCUT2D eigenvalue weighted by Gasteiger charge is 2.35. The van der Waals surface area contributed by atoms with Gasteiger partial charge in [0.15, 0.2) is 0 Å². The van der Waals surface area contributed by atoms with Gasteiger partial charge in [0.25, 0.3) is 0 Å². The van der Waals surface area contributed by atoms with E-state index in [-0.39, 0.29) is 18.5 Å². The maximum absolute atomic E-state index is 12.2.